The van der Waals surface area contributed by atoms with Crippen LogP contribution in [0, 0.1) is 10.1 Å². The number of hydrogen-bond acceptors (Lipinski definition) is 3. The maximum absolute atomic E-state index is 12.3. The first-order chi connectivity index (χ1) is 10.1. The van der Waals surface area contributed by atoms with E-state index >= 15 is 0 Å². The number of nitrogens with zero attached hydrogens (tertiary/aromatic N) is 1. The molecule has 0 aliphatic heterocycles. The van der Waals surface area contributed by atoms with Crippen molar-refractivity contribution in [3.63, 3.8) is 0 Å². The smallest absolute Gasteiger partial charge is 0.269 e. The molecule has 0 bridgehead atoms. The summed E-state index contributed by atoms with van der Waals surface area (Å²) in [6.07, 6.45) is 1.23. The molecule has 0 fully saturated rings. The Morgan fingerprint density at radius 3 is 2.24 bits per heavy atom. The summed E-state index contributed by atoms with van der Waals surface area (Å²) < 4.78 is 0. The van der Waals surface area contributed by atoms with Crippen molar-refractivity contribution < 1.29 is 9.72 Å². The molecule has 108 valence electrons. The summed E-state index contributed by atoms with van der Waals surface area (Å²) in [5, 5.41) is 10.7. The third-order valence-corrected chi connectivity index (χ3v) is 3.60. The molecule has 0 amide bonds. The van der Waals surface area contributed by atoms with Gasteiger partial charge in [-0.15, -0.1) is 0 Å². The summed E-state index contributed by atoms with van der Waals surface area (Å²) in [4.78, 5) is 22.5. The summed E-state index contributed by atoms with van der Waals surface area (Å²) in [6, 6.07) is 15.7. The van der Waals surface area contributed by atoms with Crippen molar-refractivity contribution in [2.75, 3.05) is 0 Å². The first kappa shape index (κ1) is 14.9. The second kappa shape index (κ2) is 6.79. The Kier molecular flexibility index (Phi) is 4.82. The number of rotatable bonds is 6. The van der Waals surface area contributed by atoms with Gasteiger partial charge in [0.1, 0.15) is 0 Å². The minimum atomic E-state index is -0.417. The first-order valence-electron chi connectivity index (χ1n) is 6.94. The summed E-state index contributed by atoms with van der Waals surface area (Å²) in [5.41, 5.74) is 1.74. The molecule has 2 rings (SSSR count). The minimum absolute atomic E-state index is 0.0722. The standard InChI is InChI=1S/C17H17NO3/c1-2-13(12-17(19)15-6-4-3-5-7-15)14-8-10-16(11-9-14)18(20)21/h3-11,13H,2,12H2,1H3/t13-/m1/s1. The maximum atomic E-state index is 12.3. The van der Waals surface area contributed by atoms with Gasteiger partial charge in [-0.1, -0.05) is 49.4 Å². The van der Waals surface area contributed by atoms with Gasteiger partial charge in [-0.05, 0) is 17.9 Å². The van der Waals surface area contributed by atoms with E-state index in [1.807, 2.05) is 37.3 Å². The molecule has 0 saturated carbocycles. The molecule has 0 radical (unpaired) electrons. The molecule has 0 saturated heterocycles. The lowest BCUT2D eigenvalue weighted by Gasteiger charge is -2.14. The van der Waals surface area contributed by atoms with Crippen LogP contribution in [0.1, 0.15) is 41.6 Å². The van der Waals surface area contributed by atoms with Crippen LogP contribution in [0.25, 0.3) is 0 Å². The first-order valence-corrected chi connectivity index (χ1v) is 6.94. The van der Waals surface area contributed by atoms with Crippen LogP contribution in [-0.2, 0) is 0 Å². The molecule has 1 atom stereocenters. The maximum Gasteiger partial charge on any atom is 0.269 e. The second-order valence-corrected chi connectivity index (χ2v) is 4.95. The number of carbonyl (C=O) groups is 1. The summed E-state index contributed by atoms with van der Waals surface area (Å²) in [5.74, 6) is 0.180. The summed E-state index contributed by atoms with van der Waals surface area (Å²) >= 11 is 0. The zero-order valence-corrected chi connectivity index (χ0v) is 11.9. The number of hydrogen-bond donors (Lipinski definition) is 0. The lowest BCUT2D eigenvalue weighted by molar-refractivity contribution is -0.384. The van der Waals surface area contributed by atoms with Crippen LogP contribution in [0.5, 0.6) is 0 Å². The Labute approximate surface area is 123 Å². The molecule has 0 N–H and O–H groups in total. The van der Waals surface area contributed by atoms with E-state index in [0.717, 1.165) is 12.0 Å². The van der Waals surface area contributed by atoms with Crippen LogP contribution in [0.3, 0.4) is 0 Å². The van der Waals surface area contributed by atoms with E-state index in [0.29, 0.717) is 12.0 Å². The lowest BCUT2D eigenvalue weighted by Crippen LogP contribution is -2.07. The predicted octanol–water partition coefficient (Wildman–Crippen LogP) is 4.36. The summed E-state index contributed by atoms with van der Waals surface area (Å²) in [6.45, 7) is 2.02. The van der Waals surface area contributed by atoms with E-state index in [4.69, 9.17) is 0 Å². The van der Waals surface area contributed by atoms with Crippen LogP contribution in [0.4, 0.5) is 5.69 Å². The molecule has 4 heteroatoms. The van der Waals surface area contributed by atoms with Crippen LogP contribution in [-0.4, -0.2) is 10.7 Å². The Morgan fingerprint density at radius 2 is 1.71 bits per heavy atom. The van der Waals surface area contributed by atoms with Gasteiger partial charge in [-0.3, -0.25) is 14.9 Å². The van der Waals surface area contributed by atoms with E-state index < -0.39 is 4.92 Å². The third kappa shape index (κ3) is 3.75. The number of benzene rings is 2. The lowest BCUT2D eigenvalue weighted by atomic mass is 9.89. The average Bonchev–Trinajstić information content (AvgIpc) is 2.53. The van der Waals surface area contributed by atoms with E-state index in [-0.39, 0.29) is 17.4 Å². The fourth-order valence-electron chi connectivity index (χ4n) is 2.33. The molecule has 21 heavy (non-hydrogen) atoms. The van der Waals surface area contributed by atoms with Crippen molar-refractivity contribution in [3.8, 4) is 0 Å². The van der Waals surface area contributed by atoms with Crippen LogP contribution in [0.2, 0.25) is 0 Å². The molecule has 0 aromatic heterocycles. The predicted molar refractivity (Wildman–Crippen MR) is 81.5 cm³/mol. The number of carbonyl (C=O) groups excluding carboxylic acids is 1. The highest BCUT2D eigenvalue weighted by atomic mass is 16.6. The van der Waals surface area contributed by atoms with E-state index in [1.54, 1.807) is 12.1 Å². The van der Waals surface area contributed by atoms with Crippen molar-refractivity contribution in [3.05, 3.63) is 75.8 Å². The highest BCUT2D eigenvalue weighted by molar-refractivity contribution is 5.96. The minimum Gasteiger partial charge on any atom is -0.294 e. The van der Waals surface area contributed by atoms with Crippen molar-refractivity contribution in [1.82, 2.24) is 0 Å². The molecule has 0 aliphatic rings. The van der Waals surface area contributed by atoms with Crippen molar-refractivity contribution in [1.29, 1.82) is 0 Å². The number of Topliss-reactive ketones (excluding diaryl/α,β-unsaturated/α-hetero) is 1. The van der Waals surface area contributed by atoms with Gasteiger partial charge >= 0.3 is 0 Å². The molecule has 0 heterocycles. The van der Waals surface area contributed by atoms with E-state index in [1.165, 1.54) is 12.1 Å². The van der Waals surface area contributed by atoms with Crippen molar-refractivity contribution >= 4 is 11.5 Å². The molecular formula is C17H17NO3. The molecule has 4 nitrogen and oxygen atoms in total. The van der Waals surface area contributed by atoms with Gasteiger partial charge in [0.25, 0.3) is 5.69 Å². The van der Waals surface area contributed by atoms with Gasteiger partial charge in [-0.2, -0.15) is 0 Å². The van der Waals surface area contributed by atoms with Gasteiger partial charge in [0.05, 0.1) is 4.92 Å². The number of nitro benzene ring substituents is 1. The largest absolute Gasteiger partial charge is 0.294 e. The number of non-ortho nitro benzene ring substituents is 1. The SMILES string of the molecule is CC[C@H](CC(=O)c1ccccc1)c1ccc([N+](=O)[O-])cc1. The van der Waals surface area contributed by atoms with Crippen LogP contribution in [0.15, 0.2) is 54.6 Å². The molecule has 2 aromatic carbocycles. The normalized spacial score (nSPS) is 11.9. The van der Waals surface area contributed by atoms with Gasteiger partial charge in [0, 0.05) is 24.1 Å². The number of nitro groups is 1. The second-order valence-electron chi connectivity index (χ2n) is 4.95. The number of ketones is 1. The van der Waals surface area contributed by atoms with Gasteiger partial charge < -0.3 is 0 Å². The van der Waals surface area contributed by atoms with Gasteiger partial charge in [0.2, 0.25) is 0 Å². The Bertz CT molecular complexity index is 620. The monoisotopic (exact) mass is 283 g/mol. The molecule has 0 unspecified atom stereocenters. The van der Waals surface area contributed by atoms with Gasteiger partial charge in [0.15, 0.2) is 5.78 Å². The molecular weight excluding hydrogens is 266 g/mol. The fourth-order valence-corrected chi connectivity index (χ4v) is 2.33. The highest BCUT2D eigenvalue weighted by Crippen LogP contribution is 2.26. The molecule has 0 aliphatic carbocycles. The Hall–Kier alpha value is -2.49. The van der Waals surface area contributed by atoms with E-state index in [2.05, 4.69) is 0 Å². The molecule has 0 spiro atoms. The Morgan fingerprint density at radius 1 is 1.10 bits per heavy atom. The fraction of sp³-hybridized carbons (Fsp3) is 0.235. The quantitative estimate of drug-likeness (QED) is 0.449. The van der Waals surface area contributed by atoms with E-state index in [9.17, 15) is 14.9 Å². The topological polar surface area (TPSA) is 60.2 Å². The zero-order chi connectivity index (χ0) is 15.2. The molecule has 2 aromatic rings. The highest BCUT2D eigenvalue weighted by Gasteiger charge is 2.16. The van der Waals surface area contributed by atoms with Crippen LogP contribution < -0.4 is 0 Å². The van der Waals surface area contributed by atoms with Gasteiger partial charge in [-0.25, -0.2) is 0 Å². The van der Waals surface area contributed by atoms with Crippen molar-refractivity contribution in [2.24, 2.45) is 0 Å². The summed E-state index contributed by atoms with van der Waals surface area (Å²) in [7, 11) is 0. The van der Waals surface area contributed by atoms with Crippen molar-refractivity contribution in [2.45, 2.75) is 25.7 Å². The van der Waals surface area contributed by atoms with Crippen LogP contribution >= 0.6 is 0 Å². The Balaban J connectivity index is 2.13. The zero-order valence-electron chi connectivity index (χ0n) is 11.9. The third-order valence-electron chi connectivity index (χ3n) is 3.60. The average molecular weight is 283 g/mol.